The van der Waals surface area contributed by atoms with E-state index in [-0.39, 0.29) is 30.1 Å². The van der Waals surface area contributed by atoms with Crippen LogP contribution in [0.15, 0.2) is 59.6 Å². The zero-order valence-electron chi connectivity index (χ0n) is 17.8. The van der Waals surface area contributed by atoms with Crippen LogP contribution in [0.1, 0.15) is 18.4 Å². The SMILES string of the molecule is CN=C(NCc1ccc(OCCOC)cc1)N1CCC(Oc2ccccc2)CC1.I. The zero-order chi connectivity index (χ0) is 20.3. The second kappa shape index (κ2) is 13.3. The summed E-state index contributed by atoms with van der Waals surface area (Å²) < 4.78 is 16.7. The standard InChI is InChI=1S/C23H31N3O3.HI/c1-24-23(25-18-19-8-10-20(11-9-19)28-17-16-27-2)26-14-12-22(13-15-26)29-21-6-4-3-5-7-21;/h3-11,22H,12-18H2,1-2H3,(H,24,25);1H. The van der Waals surface area contributed by atoms with E-state index in [2.05, 4.69) is 27.3 Å². The van der Waals surface area contributed by atoms with Crippen molar-refractivity contribution in [1.29, 1.82) is 0 Å². The van der Waals surface area contributed by atoms with Crippen molar-refractivity contribution in [3.8, 4) is 11.5 Å². The van der Waals surface area contributed by atoms with Crippen molar-refractivity contribution in [3.63, 3.8) is 0 Å². The first-order valence-corrected chi connectivity index (χ1v) is 10.2. The summed E-state index contributed by atoms with van der Waals surface area (Å²) in [5, 5.41) is 3.47. The highest BCUT2D eigenvalue weighted by Gasteiger charge is 2.22. The summed E-state index contributed by atoms with van der Waals surface area (Å²) in [6.07, 6.45) is 2.24. The molecule has 3 rings (SSSR count). The van der Waals surface area contributed by atoms with Crippen molar-refractivity contribution < 1.29 is 14.2 Å². The van der Waals surface area contributed by atoms with Gasteiger partial charge in [0.2, 0.25) is 0 Å². The monoisotopic (exact) mass is 525 g/mol. The number of halogens is 1. The minimum atomic E-state index is 0. The van der Waals surface area contributed by atoms with E-state index in [1.165, 1.54) is 5.56 Å². The summed E-state index contributed by atoms with van der Waals surface area (Å²) in [6.45, 7) is 3.75. The number of nitrogens with one attached hydrogen (secondary N) is 1. The van der Waals surface area contributed by atoms with E-state index in [1.54, 1.807) is 7.11 Å². The van der Waals surface area contributed by atoms with Crippen molar-refractivity contribution in [2.24, 2.45) is 4.99 Å². The van der Waals surface area contributed by atoms with Crippen LogP contribution in [0, 0.1) is 0 Å². The van der Waals surface area contributed by atoms with Crippen LogP contribution in [0.2, 0.25) is 0 Å². The number of para-hydroxylation sites is 1. The number of benzene rings is 2. The molecule has 6 nitrogen and oxygen atoms in total. The number of hydrogen-bond acceptors (Lipinski definition) is 4. The van der Waals surface area contributed by atoms with Crippen LogP contribution in [0.25, 0.3) is 0 Å². The van der Waals surface area contributed by atoms with E-state index in [1.807, 2.05) is 49.5 Å². The molecule has 0 aliphatic carbocycles. The summed E-state index contributed by atoms with van der Waals surface area (Å²) in [7, 11) is 3.51. The maximum atomic E-state index is 6.09. The predicted octanol–water partition coefficient (Wildman–Crippen LogP) is 3.95. The van der Waals surface area contributed by atoms with Gasteiger partial charge in [0.15, 0.2) is 5.96 Å². The number of rotatable bonds is 8. The summed E-state index contributed by atoms with van der Waals surface area (Å²) in [6, 6.07) is 18.2. The van der Waals surface area contributed by atoms with Gasteiger partial charge in [-0.2, -0.15) is 0 Å². The first-order valence-electron chi connectivity index (χ1n) is 10.2. The Morgan fingerprint density at radius 3 is 2.33 bits per heavy atom. The van der Waals surface area contributed by atoms with E-state index in [0.29, 0.717) is 13.2 Å². The van der Waals surface area contributed by atoms with Crippen LogP contribution in [0.4, 0.5) is 0 Å². The molecule has 1 aliphatic rings. The molecule has 1 N–H and O–H groups in total. The molecule has 30 heavy (non-hydrogen) atoms. The second-order valence-electron chi connectivity index (χ2n) is 7.00. The summed E-state index contributed by atoms with van der Waals surface area (Å²) in [5.74, 6) is 2.74. The molecule has 1 saturated heterocycles. The Labute approximate surface area is 196 Å². The van der Waals surface area contributed by atoms with E-state index < -0.39 is 0 Å². The molecule has 1 heterocycles. The molecule has 2 aromatic rings. The number of methoxy groups -OCH3 is 1. The fourth-order valence-electron chi connectivity index (χ4n) is 3.34. The number of ether oxygens (including phenoxy) is 3. The lowest BCUT2D eigenvalue weighted by atomic mass is 10.1. The predicted molar refractivity (Wildman–Crippen MR) is 131 cm³/mol. The highest BCUT2D eigenvalue weighted by molar-refractivity contribution is 14.0. The third-order valence-electron chi connectivity index (χ3n) is 4.93. The smallest absolute Gasteiger partial charge is 0.193 e. The summed E-state index contributed by atoms with van der Waals surface area (Å²) in [4.78, 5) is 6.75. The van der Waals surface area contributed by atoms with E-state index in [0.717, 1.165) is 49.9 Å². The van der Waals surface area contributed by atoms with Gasteiger partial charge in [-0.3, -0.25) is 4.99 Å². The van der Waals surface area contributed by atoms with E-state index in [4.69, 9.17) is 14.2 Å². The van der Waals surface area contributed by atoms with Gasteiger partial charge < -0.3 is 24.4 Å². The molecule has 0 spiro atoms. The average Bonchev–Trinajstić information content (AvgIpc) is 2.77. The van der Waals surface area contributed by atoms with E-state index in [9.17, 15) is 0 Å². The average molecular weight is 525 g/mol. The Kier molecular flexibility index (Phi) is 10.8. The van der Waals surface area contributed by atoms with Gasteiger partial charge >= 0.3 is 0 Å². The van der Waals surface area contributed by atoms with Crippen molar-refractivity contribution in [3.05, 3.63) is 60.2 Å². The van der Waals surface area contributed by atoms with Gasteiger partial charge in [0.25, 0.3) is 0 Å². The third kappa shape index (κ3) is 7.68. The Hall–Kier alpha value is -2.00. The van der Waals surface area contributed by atoms with E-state index >= 15 is 0 Å². The first kappa shape index (κ1) is 24.3. The van der Waals surface area contributed by atoms with Gasteiger partial charge in [-0.1, -0.05) is 30.3 Å². The number of guanidine groups is 1. The molecule has 0 saturated carbocycles. The molecular weight excluding hydrogens is 493 g/mol. The molecule has 0 bridgehead atoms. The molecular formula is C23H32IN3O3. The second-order valence-corrected chi connectivity index (χ2v) is 7.00. The summed E-state index contributed by atoms with van der Waals surface area (Å²) in [5.41, 5.74) is 1.19. The van der Waals surface area contributed by atoms with Gasteiger partial charge in [0.1, 0.15) is 24.2 Å². The minimum absolute atomic E-state index is 0. The van der Waals surface area contributed by atoms with Crippen molar-refractivity contribution in [1.82, 2.24) is 10.2 Å². The maximum absolute atomic E-state index is 6.09. The van der Waals surface area contributed by atoms with Crippen molar-refractivity contribution in [2.45, 2.75) is 25.5 Å². The van der Waals surface area contributed by atoms with Gasteiger partial charge in [0.05, 0.1) is 6.61 Å². The maximum Gasteiger partial charge on any atom is 0.193 e. The molecule has 0 aromatic heterocycles. The molecule has 0 radical (unpaired) electrons. The number of piperidine rings is 1. The minimum Gasteiger partial charge on any atom is -0.491 e. The van der Waals surface area contributed by atoms with Gasteiger partial charge in [-0.15, -0.1) is 24.0 Å². The van der Waals surface area contributed by atoms with Crippen LogP contribution in [0.5, 0.6) is 11.5 Å². The molecule has 0 atom stereocenters. The zero-order valence-corrected chi connectivity index (χ0v) is 20.1. The third-order valence-corrected chi connectivity index (χ3v) is 4.93. The van der Waals surface area contributed by atoms with Crippen LogP contribution in [-0.2, 0) is 11.3 Å². The van der Waals surface area contributed by atoms with Gasteiger partial charge in [-0.05, 0) is 29.8 Å². The largest absolute Gasteiger partial charge is 0.491 e. The Morgan fingerprint density at radius 1 is 1.00 bits per heavy atom. The Morgan fingerprint density at radius 2 is 1.70 bits per heavy atom. The fourth-order valence-corrected chi connectivity index (χ4v) is 3.34. The lowest BCUT2D eigenvalue weighted by molar-refractivity contribution is 0.129. The molecule has 1 aliphatic heterocycles. The van der Waals surface area contributed by atoms with Crippen LogP contribution < -0.4 is 14.8 Å². The highest BCUT2D eigenvalue weighted by Crippen LogP contribution is 2.19. The fraction of sp³-hybridized carbons (Fsp3) is 0.435. The van der Waals surface area contributed by atoms with Crippen LogP contribution >= 0.6 is 24.0 Å². The number of nitrogens with zero attached hydrogens (tertiary/aromatic N) is 2. The molecule has 7 heteroatoms. The Bertz CT molecular complexity index is 748. The number of aliphatic imine (C=N–C) groups is 1. The van der Waals surface area contributed by atoms with Crippen molar-refractivity contribution >= 4 is 29.9 Å². The Balaban J connectivity index is 0.00000320. The van der Waals surface area contributed by atoms with Gasteiger partial charge in [0, 0.05) is 46.6 Å². The number of hydrogen-bond donors (Lipinski definition) is 1. The molecule has 1 fully saturated rings. The first-order chi connectivity index (χ1) is 14.3. The lowest BCUT2D eigenvalue weighted by Gasteiger charge is -2.34. The topological polar surface area (TPSA) is 55.3 Å². The van der Waals surface area contributed by atoms with Crippen LogP contribution in [0.3, 0.4) is 0 Å². The number of likely N-dealkylation sites (tertiary alicyclic amines) is 1. The normalized spacial score (nSPS) is 14.7. The molecule has 2 aromatic carbocycles. The van der Waals surface area contributed by atoms with Crippen LogP contribution in [-0.4, -0.2) is 57.4 Å². The summed E-state index contributed by atoms with van der Waals surface area (Å²) >= 11 is 0. The van der Waals surface area contributed by atoms with Gasteiger partial charge in [-0.25, -0.2) is 0 Å². The molecule has 0 amide bonds. The highest BCUT2D eigenvalue weighted by atomic mass is 127. The quantitative estimate of drug-likeness (QED) is 0.245. The molecule has 164 valence electrons. The molecule has 0 unspecified atom stereocenters. The lowest BCUT2D eigenvalue weighted by Crippen LogP contribution is -2.47. The van der Waals surface area contributed by atoms with Crippen molar-refractivity contribution in [2.75, 3.05) is 40.5 Å².